The third-order valence-electron chi connectivity index (χ3n) is 5.83. The van der Waals surface area contributed by atoms with E-state index in [4.69, 9.17) is 4.74 Å². The standard InChI is InChI=1S/C21H24N2O4S/c1-27-18-9-7-17(8-10-18)15-22-16-21(20(22)24)11-13-23(14-12-21)28(25,26)19-5-3-2-4-6-19/h2-10H,11-16H2,1H3. The predicted octanol–water partition coefficient (Wildman–Crippen LogP) is 2.51. The first-order chi connectivity index (χ1) is 13.4. The van der Waals surface area contributed by atoms with E-state index < -0.39 is 15.4 Å². The molecule has 2 aromatic rings. The quantitative estimate of drug-likeness (QED) is 0.724. The number of piperidine rings is 1. The number of amides is 1. The van der Waals surface area contributed by atoms with Crippen molar-refractivity contribution < 1.29 is 17.9 Å². The molecule has 2 heterocycles. The second-order valence-corrected chi connectivity index (χ2v) is 9.44. The molecule has 0 bridgehead atoms. The number of hydrogen-bond acceptors (Lipinski definition) is 4. The molecule has 2 saturated heterocycles. The number of carbonyl (C=O) groups excluding carboxylic acids is 1. The zero-order valence-corrected chi connectivity index (χ0v) is 16.7. The van der Waals surface area contributed by atoms with Gasteiger partial charge in [0.05, 0.1) is 17.4 Å². The topological polar surface area (TPSA) is 66.9 Å². The van der Waals surface area contributed by atoms with Crippen molar-refractivity contribution in [1.29, 1.82) is 0 Å². The Morgan fingerprint density at radius 2 is 1.64 bits per heavy atom. The maximum absolute atomic E-state index is 12.8. The molecule has 0 aliphatic carbocycles. The van der Waals surface area contributed by atoms with Gasteiger partial charge in [0.25, 0.3) is 0 Å². The summed E-state index contributed by atoms with van der Waals surface area (Å²) >= 11 is 0. The molecule has 0 aromatic heterocycles. The zero-order valence-electron chi connectivity index (χ0n) is 15.9. The lowest BCUT2D eigenvalue weighted by Gasteiger charge is -2.52. The van der Waals surface area contributed by atoms with E-state index in [1.165, 1.54) is 4.31 Å². The van der Waals surface area contributed by atoms with Crippen molar-refractivity contribution in [1.82, 2.24) is 9.21 Å². The van der Waals surface area contributed by atoms with Crippen molar-refractivity contribution in [3.05, 3.63) is 60.2 Å². The lowest BCUT2D eigenvalue weighted by atomic mass is 9.71. The molecule has 0 saturated carbocycles. The van der Waals surface area contributed by atoms with E-state index in [1.807, 2.05) is 29.2 Å². The van der Waals surface area contributed by atoms with Crippen LogP contribution in [0.2, 0.25) is 0 Å². The molecule has 6 nitrogen and oxygen atoms in total. The molecule has 7 heteroatoms. The summed E-state index contributed by atoms with van der Waals surface area (Å²) in [6, 6.07) is 16.2. The molecule has 2 aliphatic heterocycles. The van der Waals surface area contributed by atoms with Crippen LogP contribution in [0.5, 0.6) is 5.75 Å². The number of benzene rings is 2. The number of carbonyl (C=O) groups is 1. The van der Waals surface area contributed by atoms with Crippen LogP contribution in [0.15, 0.2) is 59.5 Å². The predicted molar refractivity (Wildman–Crippen MR) is 105 cm³/mol. The van der Waals surface area contributed by atoms with Crippen LogP contribution in [0.1, 0.15) is 18.4 Å². The molecule has 2 aromatic carbocycles. The van der Waals surface area contributed by atoms with Crippen molar-refractivity contribution in [2.45, 2.75) is 24.3 Å². The van der Waals surface area contributed by atoms with E-state index in [0.717, 1.165) is 11.3 Å². The summed E-state index contributed by atoms with van der Waals surface area (Å²) in [5.41, 5.74) is 0.669. The Morgan fingerprint density at radius 1 is 1.00 bits per heavy atom. The SMILES string of the molecule is COc1ccc(CN2CC3(CCN(S(=O)(=O)c4ccccc4)CC3)C2=O)cc1. The van der Waals surface area contributed by atoms with E-state index in [-0.39, 0.29) is 5.91 Å². The van der Waals surface area contributed by atoms with Crippen LogP contribution in [0.3, 0.4) is 0 Å². The molecular weight excluding hydrogens is 376 g/mol. The summed E-state index contributed by atoms with van der Waals surface area (Å²) < 4.78 is 32.2. The number of methoxy groups -OCH3 is 1. The Labute approximate surface area is 165 Å². The first-order valence-corrected chi connectivity index (χ1v) is 10.9. The highest BCUT2D eigenvalue weighted by Crippen LogP contribution is 2.43. The minimum absolute atomic E-state index is 0.139. The van der Waals surface area contributed by atoms with Crippen LogP contribution < -0.4 is 4.74 Å². The molecule has 0 radical (unpaired) electrons. The highest BCUT2D eigenvalue weighted by Gasteiger charge is 2.53. The number of sulfonamides is 1. The molecule has 148 valence electrons. The van der Waals surface area contributed by atoms with Gasteiger partial charge in [-0.05, 0) is 42.7 Å². The Kier molecular flexibility index (Phi) is 4.89. The lowest BCUT2D eigenvalue weighted by molar-refractivity contribution is -0.165. The summed E-state index contributed by atoms with van der Waals surface area (Å²) in [4.78, 5) is 15.0. The molecular formula is C21H24N2O4S. The minimum atomic E-state index is -3.49. The maximum atomic E-state index is 12.8. The van der Waals surface area contributed by atoms with Crippen LogP contribution in [0, 0.1) is 5.41 Å². The number of hydrogen-bond donors (Lipinski definition) is 0. The third-order valence-corrected chi connectivity index (χ3v) is 7.74. The van der Waals surface area contributed by atoms with Crippen molar-refractivity contribution in [2.24, 2.45) is 5.41 Å². The Hall–Kier alpha value is -2.38. The Bertz CT molecular complexity index is 950. The average Bonchev–Trinajstić information content (AvgIpc) is 2.74. The highest BCUT2D eigenvalue weighted by molar-refractivity contribution is 7.89. The van der Waals surface area contributed by atoms with Crippen LogP contribution >= 0.6 is 0 Å². The number of nitrogens with zero attached hydrogens (tertiary/aromatic N) is 2. The molecule has 0 atom stereocenters. The van der Waals surface area contributed by atoms with E-state index in [2.05, 4.69) is 0 Å². The Morgan fingerprint density at radius 3 is 2.21 bits per heavy atom. The summed E-state index contributed by atoms with van der Waals surface area (Å²) in [5, 5.41) is 0. The van der Waals surface area contributed by atoms with Gasteiger partial charge in [-0.1, -0.05) is 30.3 Å². The highest BCUT2D eigenvalue weighted by atomic mass is 32.2. The number of rotatable bonds is 5. The maximum Gasteiger partial charge on any atom is 0.243 e. The second kappa shape index (κ2) is 7.22. The van der Waals surface area contributed by atoms with Gasteiger partial charge in [0.15, 0.2) is 0 Å². The van der Waals surface area contributed by atoms with Gasteiger partial charge in [-0.2, -0.15) is 4.31 Å². The first kappa shape index (κ1) is 19.0. The van der Waals surface area contributed by atoms with Crippen LogP contribution in [0.4, 0.5) is 0 Å². The van der Waals surface area contributed by atoms with Crippen LogP contribution in [-0.2, 0) is 21.4 Å². The van der Waals surface area contributed by atoms with E-state index in [1.54, 1.807) is 37.4 Å². The Balaban J connectivity index is 1.37. The van der Waals surface area contributed by atoms with E-state index >= 15 is 0 Å². The molecule has 2 aliphatic rings. The minimum Gasteiger partial charge on any atom is -0.497 e. The van der Waals surface area contributed by atoms with Crippen LogP contribution in [-0.4, -0.2) is 50.3 Å². The van der Waals surface area contributed by atoms with Gasteiger partial charge in [-0.25, -0.2) is 8.42 Å². The fraction of sp³-hybridized carbons (Fsp3) is 0.381. The van der Waals surface area contributed by atoms with Crippen LogP contribution in [0.25, 0.3) is 0 Å². The second-order valence-electron chi connectivity index (χ2n) is 7.51. The molecule has 0 unspecified atom stereocenters. The van der Waals surface area contributed by atoms with E-state index in [9.17, 15) is 13.2 Å². The van der Waals surface area contributed by atoms with Gasteiger partial charge in [-0.3, -0.25) is 4.79 Å². The lowest BCUT2D eigenvalue weighted by Crippen LogP contribution is -2.64. The van der Waals surface area contributed by atoms with Crippen molar-refractivity contribution >= 4 is 15.9 Å². The summed E-state index contributed by atoms with van der Waals surface area (Å²) in [7, 11) is -1.86. The smallest absolute Gasteiger partial charge is 0.243 e. The van der Waals surface area contributed by atoms with Crippen molar-refractivity contribution in [3.8, 4) is 5.75 Å². The first-order valence-electron chi connectivity index (χ1n) is 9.42. The number of likely N-dealkylation sites (tertiary alicyclic amines) is 1. The fourth-order valence-corrected chi connectivity index (χ4v) is 5.56. The van der Waals surface area contributed by atoms with Gasteiger partial charge in [-0.15, -0.1) is 0 Å². The summed E-state index contributed by atoms with van der Waals surface area (Å²) in [6.45, 7) is 2.05. The van der Waals surface area contributed by atoms with Gasteiger partial charge in [0.2, 0.25) is 15.9 Å². The van der Waals surface area contributed by atoms with E-state index in [0.29, 0.717) is 43.9 Å². The zero-order chi connectivity index (χ0) is 19.8. The van der Waals surface area contributed by atoms with Crippen molar-refractivity contribution in [2.75, 3.05) is 26.7 Å². The molecule has 1 spiro atoms. The normalized spacial score (nSPS) is 19.5. The molecule has 4 rings (SSSR count). The number of β-lactam (4-membered cyclic amide) rings is 1. The fourth-order valence-electron chi connectivity index (χ4n) is 4.10. The van der Waals surface area contributed by atoms with Gasteiger partial charge >= 0.3 is 0 Å². The van der Waals surface area contributed by atoms with Gasteiger partial charge in [0.1, 0.15) is 5.75 Å². The molecule has 0 N–H and O–H groups in total. The van der Waals surface area contributed by atoms with Crippen molar-refractivity contribution in [3.63, 3.8) is 0 Å². The summed E-state index contributed by atoms with van der Waals surface area (Å²) in [5.74, 6) is 0.933. The summed E-state index contributed by atoms with van der Waals surface area (Å²) in [6.07, 6.45) is 1.16. The molecule has 1 amide bonds. The number of ether oxygens (including phenoxy) is 1. The van der Waals surface area contributed by atoms with Gasteiger partial charge < -0.3 is 9.64 Å². The third kappa shape index (κ3) is 3.29. The monoisotopic (exact) mass is 400 g/mol. The van der Waals surface area contributed by atoms with Gasteiger partial charge in [0, 0.05) is 26.2 Å². The molecule has 28 heavy (non-hydrogen) atoms. The molecule has 2 fully saturated rings. The average molecular weight is 401 g/mol. The largest absolute Gasteiger partial charge is 0.497 e.